The zero-order chi connectivity index (χ0) is 9.40. The number of nitrogens with one attached hydrogen (secondary N) is 3. The molecule has 0 aromatic rings. The van der Waals surface area contributed by atoms with E-state index in [1.54, 1.807) is 0 Å². The van der Waals surface area contributed by atoms with E-state index >= 15 is 0 Å². The van der Waals surface area contributed by atoms with E-state index in [9.17, 15) is 0 Å². The van der Waals surface area contributed by atoms with Gasteiger partial charge in [-0.2, -0.15) is 5.53 Å². The molecule has 72 valence electrons. The van der Waals surface area contributed by atoms with Gasteiger partial charge in [0, 0.05) is 5.71 Å². The summed E-state index contributed by atoms with van der Waals surface area (Å²) in [5.74, 6) is 5.04. The third-order valence-electron chi connectivity index (χ3n) is 1.72. The summed E-state index contributed by atoms with van der Waals surface area (Å²) in [5, 5.41) is 7.58. The minimum absolute atomic E-state index is 0.00669. The molecule has 0 aliphatic heterocycles. The van der Waals surface area contributed by atoms with Crippen molar-refractivity contribution in [1.82, 2.24) is 11.0 Å². The maximum absolute atomic E-state index is 7.58. The lowest BCUT2D eigenvalue weighted by atomic mass is 10.1. The lowest BCUT2D eigenvalue weighted by Crippen LogP contribution is -2.47. The van der Waals surface area contributed by atoms with Gasteiger partial charge in [0.1, 0.15) is 0 Å². The number of hydrazine groups is 2. The Morgan fingerprint density at radius 3 is 2.67 bits per heavy atom. The van der Waals surface area contributed by atoms with Gasteiger partial charge in [0.15, 0.2) is 0 Å². The Kier molecular flexibility index (Phi) is 6.88. The van der Waals surface area contributed by atoms with E-state index in [2.05, 4.69) is 11.0 Å². The second kappa shape index (κ2) is 7.17. The van der Waals surface area contributed by atoms with Crippen molar-refractivity contribution < 1.29 is 0 Å². The van der Waals surface area contributed by atoms with Crippen molar-refractivity contribution in [3.63, 3.8) is 0 Å². The van der Waals surface area contributed by atoms with E-state index in [1.165, 1.54) is 0 Å². The van der Waals surface area contributed by atoms with Crippen LogP contribution < -0.4 is 22.5 Å². The molecule has 12 heavy (non-hydrogen) atoms. The van der Waals surface area contributed by atoms with Crippen LogP contribution in [0.15, 0.2) is 0 Å². The number of hydrogen-bond acceptors (Lipinski definition) is 5. The molecule has 1 unspecified atom stereocenters. The number of unbranched alkanes of at least 4 members (excludes halogenated alkanes) is 1. The first-order chi connectivity index (χ1) is 5.72. The van der Waals surface area contributed by atoms with Crippen molar-refractivity contribution in [2.24, 2.45) is 11.6 Å². The van der Waals surface area contributed by atoms with Gasteiger partial charge in [0.2, 0.25) is 0 Å². The van der Waals surface area contributed by atoms with E-state index in [0.717, 1.165) is 19.3 Å². The van der Waals surface area contributed by atoms with Gasteiger partial charge < -0.3 is 11.1 Å². The zero-order valence-corrected chi connectivity index (χ0v) is 7.56. The monoisotopic (exact) mass is 173 g/mol. The summed E-state index contributed by atoms with van der Waals surface area (Å²) >= 11 is 0. The summed E-state index contributed by atoms with van der Waals surface area (Å²) in [6.45, 7) is 2.59. The zero-order valence-electron chi connectivity index (χ0n) is 7.56. The van der Waals surface area contributed by atoms with Crippen LogP contribution in [0, 0.1) is 5.41 Å². The summed E-state index contributed by atoms with van der Waals surface area (Å²) in [4.78, 5) is 0. The van der Waals surface area contributed by atoms with Gasteiger partial charge in [-0.1, -0.05) is 0 Å². The van der Waals surface area contributed by atoms with Crippen LogP contribution in [0.1, 0.15) is 26.2 Å². The molecular formula is C7H19N5. The molecule has 0 bridgehead atoms. The normalized spacial score (nSPS) is 12.9. The van der Waals surface area contributed by atoms with Crippen LogP contribution >= 0.6 is 0 Å². The van der Waals surface area contributed by atoms with Crippen LogP contribution in [0.5, 0.6) is 0 Å². The fraction of sp³-hybridized carbons (Fsp3) is 0.857. The van der Waals surface area contributed by atoms with Crippen LogP contribution in [0.25, 0.3) is 0 Å². The quantitative estimate of drug-likeness (QED) is 0.155. The fourth-order valence-electron chi connectivity index (χ4n) is 0.888. The predicted octanol–water partition coefficient (Wildman–Crippen LogP) is -0.508. The van der Waals surface area contributed by atoms with E-state index in [-0.39, 0.29) is 6.04 Å². The molecule has 0 heterocycles. The van der Waals surface area contributed by atoms with E-state index in [1.807, 2.05) is 6.92 Å². The Morgan fingerprint density at radius 1 is 1.50 bits per heavy atom. The average molecular weight is 173 g/mol. The Morgan fingerprint density at radius 2 is 2.17 bits per heavy atom. The van der Waals surface area contributed by atoms with Crippen LogP contribution in [-0.4, -0.2) is 18.3 Å². The van der Waals surface area contributed by atoms with Crippen molar-refractivity contribution in [3.05, 3.63) is 0 Å². The highest BCUT2D eigenvalue weighted by molar-refractivity contribution is 5.86. The molecule has 7 N–H and O–H groups in total. The molecule has 0 rings (SSSR count). The Labute approximate surface area is 73.3 Å². The topological polar surface area (TPSA) is 100.0 Å². The highest BCUT2D eigenvalue weighted by atomic mass is 15.5. The number of hydrogen-bond donors (Lipinski definition) is 5. The maximum Gasteiger partial charge on any atom is 0.0573 e. The van der Waals surface area contributed by atoms with Crippen molar-refractivity contribution in [2.45, 2.75) is 32.2 Å². The molecule has 0 aliphatic rings. The number of rotatable bonds is 7. The maximum atomic E-state index is 7.58. The van der Waals surface area contributed by atoms with Crippen molar-refractivity contribution >= 4 is 5.71 Å². The summed E-state index contributed by atoms with van der Waals surface area (Å²) in [7, 11) is 0. The van der Waals surface area contributed by atoms with Crippen LogP contribution in [0.4, 0.5) is 0 Å². The van der Waals surface area contributed by atoms with E-state index in [0.29, 0.717) is 12.3 Å². The molecule has 1 atom stereocenters. The largest absolute Gasteiger partial charge is 0.330 e. The van der Waals surface area contributed by atoms with Gasteiger partial charge in [-0.3, -0.25) is 5.84 Å². The molecule has 5 heteroatoms. The van der Waals surface area contributed by atoms with Crippen molar-refractivity contribution in [2.75, 3.05) is 6.54 Å². The Balaban J connectivity index is 3.43. The molecule has 5 nitrogen and oxygen atoms in total. The van der Waals surface area contributed by atoms with Crippen LogP contribution in [-0.2, 0) is 0 Å². The fourth-order valence-corrected chi connectivity index (χ4v) is 0.888. The molecule has 0 radical (unpaired) electrons. The summed E-state index contributed by atoms with van der Waals surface area (Å²) in [6, 6.07) is -0.00669. The van der Waals surface area contributed by atoms with Crippen molar-refractivity contribution in [3.8, 4) is 0 Å². The lowest BCUT2D eigenvalue weighted by molar-refractivity contribution is 0.525. The van der Waals surface area contributed by atoms with Crippen LogP contribution in [0.3, 0.4) is 0 Å². The molecule has 0 amide bonds. The molecule has 0 aromatic heterocycles. The highest BCUT2D eigenvalue weighted by Crippen LogP contribution is 1.98. The second-order valence-electron chi connectivity index (χ2n) is 2.78. The standard InChI is InChI=1S/C7H19N5/c1-6(11-12-10)7(9)4-2-3-5-8/h6,9,11-12H,2-5,8,10H2,1H3. The lowest BCUT2D eigenvalue weighted by Gasteiger charge is -2.13. The molecule has 0 saturated heterocycles. The summed E-state index contributed by atoms with van der Waals surface area (Å²) in [6.07, 6.45) is 2.74. The summed E-state index contributed by atoms with van der Waals surface area (Å²) < 4.78 is 0. The van der Waals surface area contributed by atoms with E-state index in [4.69, 9.17) is 17.0 Å². The van der Waals surface area contributed by atoms with Gasteiger partial charge >= 0.3 is 0 Å². The number of nitrogens with two attached hydrogens (primary N) is 2. The highest BCUT2D eigenvalue weighted by Gasteiger charge is 2.05. The molecule has 0 saturated carbocycles. The molecule has 0 aromatic carbocycles. The third kappa shape index (κ3) is 5.20. The van der Waals surface area contributed by atoms with Crippen LogP contribution in [0.2, 0.25) is 0 Å². The first kappa shape index (κ1) is 11.5. The summed E-state index contributed by atoms with van der Waals surface area (Å²) in [5.41, 5.74) is 11.1. The minimum Gasteiger partial charge on any atom is -0.330 e. The Bertz CT molecular complexity index is 125. The van der Waals surface area contributed by atoms with Gasteiger partial charge in [-0.05, 0) is 32.7 Å². The molecular weight excluding hydrogens is 154 g/mol. The van der Waals surface area contributed by atoms with E-state index < -0.39 is 0 Å². The molecule has 0 fully saturated rings. The third-order valence-corrected chi connectivity index (χ3v) is 1.72. The first-order valence-corrected chi connectivity index (χ1v) is 4.21. The molecule has 0 aliphatic carbocycles. The first-order valence-electron chi connectivity index (χ1n) is 4.21. The van der Waals surface area contributed by atoms with Gasteiger partial charge in [-0.15, -0.1) is 0 Å². The SMILES string of the molecule is CC(NNN)C(=N)CCCCN. The average Bonchev–Trinajstić information content (AvgIpc) is 2.05. The Hall–Kier alpha value is -0.490. The van der Waals surface area contributed by atoms with Gasteiger partial charge in [-0.25, -0.2) is 5.43 Å². The van der Waals surface area contributed by atoms with Gasteiger partial charge in [0.25, 0.3) is 0 Å². The predicted molar refractivity (Wildman–Crippen MR) is 50.6 cm³/mol. The second-order valence-corrected chi connectivity index (χ2v) is 2.78. The van der Waals surface area contributed by atoms with Crippen molar-refractivity contribution in [1.29, 1.82) is 5.41 Å². The molecule has 0 spiro atoms. The smallest absolute Gasteiger partial charge is 0.0573 e. The minimum atomic E-state index is -0.00669. The van der Waals surface area contributed by atoms with Gasteiger partial charge in [0.05, 0.1) is 6.04 Å².